The van der Waals surface area contributed by atoms with Crippen LogP contribution in [0.1, 0.15) is 48.1 Å². The van der Waals surface area contributed by atoms with Crippen LogP contribution in [0.4, 0.5) is 5.69 Å². The fraction of sp³-hybridized carbons (Fsp3) is 0.171. The molecule has 4 aromatic carbocycles. The molecule has 1 unspecified atom stereocenters. The molecule has 2 aliphatic heterocycles. The molecule has 7 rings (SSSR count). The Kier molecular flexibility index (Phi) is 5.68. The fourth-order valence-corrected chi connectivity index (χ4v) is 7.11. The molecular formula is C35H27NO5. The number of carbonyl (C=O) groups is 3. The Balaban J connectivity index is 1.56. The van der Waals surface area contributed by atoms with Crippen molar-refractivity contribution in [2.45, 2.75) is 18.0 Å². The van der Waals surface area contributed by atoms with Gasteiger partial charge in [-0.05, 0) is 29.3 Å². The van der Waals surface area contributed by atoms with E-state index in [0.717, 1.165) is 11.3 Å². The zero-order valence-corrected chi connectivity index (χ0v) is 22.6. The Morgan fingerprint density at radius 2 is 1.39 bits per heavy atom. The molecule has 0 amide bonds. The third-order valence-electron chi connectivity index (χ3n) is 8.81. The summed E-state index contributed by atoms with van der Waals surface area (Å²) in [6, 6.07) is 27.7. The highest BCUT2D eigenvalue weighted by Crippen LogP contribution is 2.61. The van der Waals surface area contributed by atoms with E-state index in [0.29, 0.717) is 33.8 Å². The third kappa shape index (κ3) is 3.34. The van der Waals surface area contributed by atoms with Gasteiger partial charge in [-0.3, -0.25) is 14.4 Å². The predicted octanol–water partition coefficient (Wildman–Crippen LogP) is 6.02. The van der Waals surface area contributed by atoms with Crippen LogP contribution >= 0.6 is 0 Å². The predicted molar refractivity (Wildman–Crippen MR) is 156 cm³/mol. The Hall–Kier alpha value is -4.97. The number of para-hydroxylation sites is 1. The highest BCUT2D eigenvalue weighted by molar-refractivity contribution is 6.32. The Bertz CT molecular complexity index is 1720. The van der Waals surface area contributed by atoms with Crippen LogP contribution < -0.4 is 14.4 Å². The van der Waals surface area contributed by atoms with E-state index in [-0.39, 0.29) is 17.3 Å². The Morgan fingerprint density at radius 3 is 2.07 bits per heavy atom. The molecule has 1 aliphatic carbocycles. The number of benzene rings is 4. The van der Waals surface area contributed by atoms with Crippen molar-refractivity contribution >= 4 is 29.1 Å². The number of hydrogen-bond donors (Lipinski definition) is 0. The monoisotopic (exact) mass is 541 g/mol. The van der Waals surface area contributed by atoms with E-state index in [4.69, 9.17) is 9.47 Å². The van der Waals surface area contributed by atoms with Crippen molar-refractivity contribution in [3.05, 3.63) is 131 Å². The van der Waals surface area contributed by atoms with E-state index in [1.165, 1.54) is 0 Å². The van der Waals surface area contributed by atoms with Gasteiger partial charge >= 0.3 is 0 Å². The summed E-state index contributed by atoms with van der Waals surface area (Å²) in [7, 11) is 3.10. The van der Waals surface area contributed by atoms with Crippen LogP contribution in [0.2, 0.25) is 0 Å². The SMILES string of the molecule is COc1ccc([C@H]2[C@H](C(=O)c3ccccc3)N3c4ccccc4C=CC3C23C(=O)c2ccccc2C3=O)cc1OC. The van der Waals surface area contributed by atoms with Gasteiger partial charge in [0.05, 0.1) is 20.3 Å². The van der Waals surface area contributed by atoms with E-state index in [1.807, 2.05) is 65.6 Å². The highest BCUT2D eigenvalue weighted by Gasteiger charge is 2.71. The summed E-state index contributed by atoms with van der Waals surface area (Å²) in [4.78, 5) is 46.1. The number of Topliss-reactive ketones (excluding diaryl/α,β-unsaturated/α-hetero) is 3. The van der Waals surface area contributed by atoms with Crippen molar-refractivity contribution in [2.24, 2.45) is 5.41 Å². The smallest absolute Gasteiger partial charge is 0.185 e. The zero-order chi connectivity index (χ0) is 28.3. The number of fused-ring (bicyclic) bond motifs is 5. The third-order valence-corrected chi connectivity index (χ3v) is 8.81. The van der Waals surface area contributed by atoms with E-state index in [2.05, 4.69) is 0 Å². The summed E-state index contributed by atoms with van der Waals surface area (Å²) in [5, 5.41) is 0. The maximum absolute atomic E-state index is 14.7. The number of rotatable bonds is 5. The first-order chi connectivity index (χ1) is 20.0. The summed E-state index contributed by atoms with van der Waals surface area (Å²) < 4.78 is 11.2. The minimum atomic E-state index is -1.57. The minimum Gasteiger partial charge on any atom is -0.493 e. The van der Waals surface area contributed by atoms with Crippen molar-refractivity contribution in [1.29, 1.82) is 0 Å². The molecule has 1 saturated heterocycles. The number of ketones is 3. The second kappa shape index (κ2) is 9.30. The van der Waals surface area contributed by atoms with Gasteiger partial charge in [0.1, 0.15) is 11.5 Å². The lowest BCUT2D eigenvalue weighted by atomic mass is 9.64. The highest BCUT2D eigenvalue weighted by atomic mass is 16.5. The van der Waals surface area contributed by atoms with Crippen LogP contribution in [-0.2, 0) is 0 Å². The molecule has 202 valence electrons. The molecule has 0 saturated carbocycles. The minimum absolute atomic E-state index is 0.158. The Morgan fingerprint density at radius 1 is 0.756 bits per heavy atom. The quantitative estimate of drug-likeness (QED) is 0.227. The summed E-state index contributed by atoms with van der Waals surface area (Å²) in [6.45, 7) is 0. The molecule has 0 aromatic heterocycles. The molecule has 6 heteroatoms. The first-order valence-electron chi connectivity index (χ1n) is 13.6. The van der Waals surface area contributed by atoms with Gasteiger partial charge in [0.25, 0.3) is 0 Å². The standard InChI is InChI=1S/C35H27NO5/c1-40-27-18-16-23(20-28(27)41-2)30-31(32(37)22-11-4-3-5-12-22)36-26-15-9-6-10-21(26)17-19-29(36)35(30)33(38)24-13-7-8-14-25(24)34(35)39/h3-20,29-31H,1-2H3/t29?,30-,31+/m0/s1. The summed E-state index contributed by atoms with van der Waals surface area (Å²) in [6.07, 6.45) is 3.89. The van der Waals surface area contributed by atoms with Crippen molar-refractivity contribution < 1.29 is 23.9 Å². The van der Waals surface area contributed by atoms with Gasteiger partial charge < -0.3 is 14.4 Å². The van der Waals surface area contributed by atoms with E-state index < -0.39 is 23.4 Å². The van der Waals surface area contributed by atoms with Crippen molar-refractivity contribution in [2.75, 3.05) is 19.1 Å². The van der Waals surface area contributed by atoms with Crippen molar-refractivity contribution in [3.8, 4) is 11.5 Å². The Labute approximate surface area is 237 Å². The first kappa shape index (κ1) is 25.0. The maximum Gasteiger partial charge on any atom is 0.185 e. The zero-order valence-electron chi connectivity index (χ0n) is 22.6. The van der Waals surface area contributed by atoms with Gasteiger partial charge in [-0.15, -0.1) is 0 Å². The van der Waals surface area contributed by atoms with Gasteiger partial charge in [-0.2, -0.15) is 0 Å². The van der Waals surface area contributed by atoms with E-state index in [1.54, 1.807) is 62.8 Å². The molecule has 2 heterocycles. The number of ether oxygens (including phenoxy) is 2. The number of anilines is 1. The number of nitrogens with zero attached hydrogens (tertiary/aromatic N) is 1. The first-order valence-corrected chi connectivity index (χ1v) is 13.6. The average molecular weight is 542 g/mol. The molecule has 3 atom stereocenters. The topological polar surface area (TPSA) is 72.9 Å². The normalized spacial score (nSPS) is 21.4. The lowest BCUT2D eigenvalue weighted by Crippen LogP contribution is -2.48. The van der Waals surface area contributed by atoms with Crippen molar-refractivity contribution in [1.82, 2.24) is 0 Å². The van der Waals surface area contributed by atoms with E-state index >= 15 is 0 Å². The van der Waals surface area contributed by atoms with Crippen LogP contribution in [0.5, 0.6) is 11.5 Å². The van der Waals surface area contributed by atoms with E-state index in [9.17, 15) is 14.4 Å². The molecule has 1 spiro atoms. The van der Waals surface area contributed by atoms with Gasteiger partial charge in [0.15, 0.2) is 28.8 Å². The van der Waals surface area contributed by atoms with Gasteiger partial charge in [-0.1, -0.05) is 91.0 Å². The molecule has 0 radical (unpaired) electrons. The van der Waals surface area contributed by atoms with Crippen molar-refractivity contribution in [3.63, 3.8) is 0 Å². The van der Waals surface area contributed by atoms with Crippen LogP contribution in [0.15, 0.2) is 103 Å². The van der Waals surface area contributed by atoms with Crippen LogP contribution in [0.3, 0.4) is 0 Å². The van der Waals surface area contributed by atoms with Crippen LogP contribution in [0.25, 0.3) is 6.08 Å². The molecule has 0 N–H and O–H groups in total. The lowest BCUT2D eigenvalue weighted by Gasteiger charge is -2.37. The summed E-state index contributed by atoms with van der Waals surface area (Å²) in [5.74, 6) is -0.524. The molecule has 41 heavy (non-hydrogen) atoms. The van der Waals surface area contributed by atoms with Crippen LogP contribution in [0, 0.1) is 5.41 Å². The number of methoxy groups -OCH3 is 2. The van der Waals surface area contributed by atoms with Gasteiger partial charge in [-0.25, -0.2) is 0 Å². The summed E-state index contributed by atoms with van der Waals surface area (Å²) >= 11 is 0. The molecular weight excluding hydrogens is 514 g/mol. The lowest BCUT2D eigenvalue weighted by molar-refractivity contribution is 0.0665. The second-order valence-corrected chi connectivity index (χ2v) is 10.6. The van der Waals surface area contributed by atoms with Gasteiger partial charge in [0, 0.05) is 28.3 Å². The summed E-state index contributed by atoms with van der Waals surface area (Å²) in [5.41, 5.74) is 2.13. The molecule has 0 bridgehead atoms. The molecule has 6 nitrogen and oxygen atoms in total. The molecule has 4 aromatic rings. The number of hydrogen-bond acceptors (Lipinski definition) is 6. The molecule has 3 aliphatic rings. The largest absolute Gasteiger partial charge is 0.493 e. The maximum atomic E-state index is 14.7. The average Bonchev–Trinajstić information content (AvgIpc) is 3.47. The second-order valence-electron chi connectivity index (χ2n) is 10.6. The molecule has 1 fully saturated rings. The fourth-order valence-electron chi connectivity index (χ4n) is 7.11. The van der Waals surface area contributed by atoms with Crippen LogP contribution in [-0.4, -0.2) is 43.7 Å². The number of carbonyl (C=O) groups excluding carboxylic acids is 3. The van der Waals surface area contributed by atoms with Gasteiger partial charge in [0.2, 0.25) is 0 Å².